The molecule has 0 N–H and O–H groups in total. The van der Waals surface area contributed by atoms with Crippen molar-refractivity contribution in [1.29, 1.82) is 0 Å². The van der Waals surface area contributed by atoms with Crippen LogP contribution in [0.3, 0.4) is 0 Å². The average Bonchev–Trinajstić information content (AvgIpc) is 1.38. The van der Waals surface area contributed by atoms with E-state index in [4.69, 9.17) is 0 Å². The Bertz CT molecular complexity index is 33.9. The van der Waals surface area contributed by atoms with Gasteiger partial charge in [0.05, 0.1) is 0 Å². The van der Waals surface area contributed by atoms with Crippen molar-refractivity contribution in [1.82, 2.24) is 0 Å². The summed E-state index contributed by atoms with van der Waals surface area (Å²) in [5.41, 5.74) is 0. The molecule has 2 heteroatoms. The van der Waals surface area contributed by atoms with Gasteiger partial charge in [-0.05, 0) is 0 Å². The van der Waals surface area contributed by atoms with Gasteiger partial charge in [0.1, 0.15) is 0 Å². The zero-order chi connectivity index (χ0) is 4.28. The first kappa shape index (κ1) is 5.89. The van der Waals surface area contributed by atoms with Gasteiger partial charge in [-0.25, -0.2) is 0 Å². The molecule has 30 valence electrons. The van der Waals surface area contributed by atoms with Crippen LogP contribution in [0.25, 0.3) is 0 Å². The molecule has 0 saturated heterocycles. The van der Waals surface area contributed by atoms with Crippen molar-refractivity contribution in [2.24, 2.45) is 0 Å². The van der Waals surface area contributed by atoms with Crippen molar-refractivity contribution >= 4 is 35.4 Å². The first-order chi connectivity index (χ1) is 2.27. The Morgan fingerprint density at radius 2 is 1.80 bits per heavy atom. The molecule has 0 spiro atoms. The minimum atomic E-state index is -0.989. The van der Waals surface area contributed by atoms with Crippen molar-refractivity contribution in [3.05, 3.63) is 0 Å². The van der Waals surface area contributed by atoms with Gasteiger partial charge in [-0.3, -0.25) is 0 Å². The molecular weight excluding hydrogens is 187 g/mol. The van der Waals surface area contributed by atoms with Crippen molar-refractivity contribution < 1.29 is 0 Å². The maximum atomic E-state index is 4.64. The van der Waals surface area contributed by atoms with Gasteiger partial charge in [0.15, 0.2) is 0 Å². The molecule has 0 aromatic carbocycles. The van der Waals surface area contributed by atoms with Gasteiger partial charge < -0.3 is 0 Å². The van der Waals surface area contributed by atoms with Crippen molar-refractivity contribution in [3.63, 3.8) is 0 Å². The van der Waals surface area contributed by atoms with E-state index in [1.165, 1.54) is 0 Å². The Kier molecular flexibility index (Phi) is 3.64. The molecule has 0 aliphatic heterocycles. The molecule has 0 atom stereocenters. The predicted molar refractivity (Wildman–Crippen MR) is 32.5 cm³/mol. The first-order valence-electron chi connectivity index (χ1n) is 1.72. The Labute approximate surface area is 45.3 Å². The van der Waals surface area contributed by atoms with Crippen molar-refractivity contribution in [2.45, 2.75) is 9.88 Å². The third-order valence-corrected chi connectivity index (χ3v) is 5.48. The molecule has 0 amide bonds. The van der Waals surface area contributed by atoms with Gasteiger partial charge in [0.2, 0.25) is 0 Å². The van der Waals surface area contributed by atoms with Gasteiger partial charge in [-0.1, -0.05) is 0 Å². The monoisotopic (exact) mass is 196 g/mol. The fraction of sp³-hybridized carbons (Fsp3) is 0.667. The summed E-state index contributed by atoms with van der Waals surface area (Å²) >= 11 is 3.66. The Morgan fingerprint density at radius 3 is 1.80 bits per heavy atom. The number of thiocarbonyl (C=S) groups is 1. The van der Waals surface area contributed by atoms with E-state index in [2.05, 4.69) is 22.1 Å². The molecule has 0 nitrogen and oxygen atoms in total. The van der Waals surface area contributed by atoms with Crippen LogP contribution in [0.15, 0.2) is 0 Å². The molecule has 0 saturated carbocycles. The quantitative estimate of drug-likeness (QED) is 0.444. The van der Waals surface area contributed by atoms with Gasteiger partial charge in [-0.15, -0.1) is 0 Å². The Balaban J connectivity index is 2.83. The fourth-order valence-electron chi connectivity index (χ4n) is 0. The molecule has 0 unspecified atom stereocenters. The van der Waals surface area contributed by atoms with Crippen LogP contribution in [0.1, 0.15) is 0 Å². The zero-order valence-corrected chi connectivity index (χ0v) is 7.68. The number of hydrogen-bond acceptors (Lipinski definition) is 1. The van der Waals surface area contributed by atoms with Crippen molar-refractivity contribution in [3.8, 4) is 0 Å². The second-order valence-electron chi connectivity index (χ2n) is 1.38. The first-order valence-corrected chi connectivity index (χ1v) is 10.7. The van der Waals surface area contributed by atoms with Crippen LogP contribution in [0.5, 0.6) is 0 Å². The molecule has 0 bridgehead atoms. The van der Waals surface area contributed by atoms with Crippen molar-refractivity contribution in [2.75, 3.05) is 0 Å². The topological polar surface area (TPSA) is 0 Å². The van der Waals surface area contributed by atoms with E-state index in [-0.39, 0.29) is 0 Å². The molecule has 0 aromatic heterocycles. The normalized spacial score (nSPS) is 8.60. The van der Waals surface area contributed by atoms with Crippen LogP contribution >= 0.6 is 12.2 Å². The van der Waals surface area contributed by atoms with E-state index in [1.807, 2.05) is 3.38 Å². The molecule has 0 heterocycles. The SMILES string of the molecule is [CH3][SnH]([CH3])[CH]=S. The number of rotatable bonds is 1. The van der Waals surface area contributed by atoms with Crippen LogP contribution in [-0.2, 0) is 0 Å². The van der Waals surface area contributed by atoms with Gasteiger partial charge in [-0.2, -0.15) is 0 Å². The summed E-state index contributed by atoms with van der Waals surface area (Å²) in [6.45, 7) is 0. The molecule has 0 rings (SSSR count). The Hall–Kier alpha value is 0.889. The second kappa shape index (κ2) is 3.09. The number of hydrogen-bond donors (Lipinski definition) is 0. The maximum absolute atomic E-state index is 4.64. The van der Waals surface area contributed by atoms with Crippen LogP contribution in [0.4, 0.5) is 0 Å². The standard InChI is InChI=1S/CHS.2CH3.Sn.H/c1-2;;;;/h1H;2*1H3;;. The minimum absolute atomic E-state index is 0.989. The van der Waals surface area contributed by atoms with E-state index in [9.17, 15) is 0 Å². The molecule has 0 radical (unpaired) electrons. The Morgan fingerprint density at radius 1 is 1.60 bits per heavy atom. The zero-order valence-electron chi connectivity index (χ0n) is 3.56. The van der Waals surface area contributed by atoms with E-state index < -0.39 is 19.8 Å². The van der Waals surface area contributed by atoms with E-state index in [1.54, 1.807) is 0 Å². The van der Waals surface area contributed by atoms with Crippen LogP contribution in [-0.4, -0.2) is 23.1 Å². The fourth-order valence-corrected chi connectivity index (χ4v) is 0. The third kappa shape index (κ3) is 4.89. The summed E-state index contributed by atoms with van der Waals surface area (Å²) in [4.78, 5) is 4.54. The average molecular weight is 195 g/mol. The molecule has 0 aromatic rings. The van der Waals surface area contributed by atoms with Gasteiger partial charge in [0, 0.05) is 0 Å². The third-order valence-electron chi connectivity index (χ3n) is 0.272. The van der Waals surface area contributed by atoms with Gasteiger partial charge in [0.25, 0.3) is 0 Å². The van der Waals surface area contributed by atoms with Crippen LogP contribution in [0.2, 0.25) is 9.88 Å². The van der Waals surface area contributed by atoms with E-state index in [0.717, 1.165) is 0 Å². The summed E-state index contributed by atoms with van der Waals surface area (Å²) in [5, 5.41) is 0. The molecule has 5 heavy (non-hydrogen) atoms. The summed E-state index contributed by atoms with van der Waals surface area (Å²) < 4.78 is 1.96. The predicted octanol–water partition coefficient (Wildman–Crippen LogP) is 1.01. The summed E-state index contributed by atoms with van der Waals surface area (Å²) in [5.74, 6) is 0. The van der Waals surface area contributed by atoms with Crippen LogP contribution in [0, 0.1) is 0 Å². The summed E-state index contributed by atoms with van der Waals surface area (Å²) in [6.07, 6.45) is 0. The van der Waals surface area contributed by atoms with Gasteiger partial charge >= 0.3 is 45.2 Å². The van der Waals surface area contributed by atoms with E-state index in [0.29, 0.717) is 0 Å². The molecule has 0 aliphatic carbocycles. The summed E-state index contributed by atoms with van der Waals surface area (Å²) in [6, 6.07) is 0. The van der Waals surface area contributed by atoms with Crippen LogP contribution < -0.4 is 0 Å². The molecular formula is C3H8SSn. The second-order valence-corrected chi connectivity index (χ2v) is 11.1. The summed E-state index contributed by atoms with van der Waals surface area (Å²) in [7, 11) is 0. The molecule has 0 fully saturated rings. The van der Waals surface area contributed by atoms with E-state index >= 15 is 0 Å². The molecule has 0 aliphatic rings.